The first-order valence-electron chi connectivity index (χ1n) is 8.95. The number of nitrogens with zero attached hydrogens (tertiary/aromatic N) is 1. The molecule has 1 atom stereocenters. The van der Waals surface area contributed by atoms with E-state index >= 15 is 0 Å². The van der Waals surface area contributed by atoms with Gasteiger partial charge in [-0.1, -0.05) is 18.9 Å². The molecule has 1 unspecified atom stereocenters. The van der Waals surface area contributed by atoms with E-state index in [1.807, 2.05) is 18.2 Å². The number of rotatable bonds is 9. The Balaban J connectivity index is 2.01. The lowest BCUT2D eigenvalue weighted by Crippen LogP contribution is -2.39. The maximum atomic E-state index is 5.55. The van der Waals surface area contributed by atoms with Gasteiger partial charge in [0.25, 0.3) is 0 Å². The largest absolute Gasteiger partial charge is 0.493 e. The van der Waals surface area contributed by atoms with Crippen LogP contribution in [-0.2, 0) is 6.54 Å². The molecule has 0 spiro atoms. The second kappa shape index (κ2) is 11.1. The molecule has 0 aliphatic heterocycles. The van der Waals surface area contributed by atoms with E-state index in [-0.39, 0.29) is 6.61 Å². The maximum Gasteiger partial charge on any atom is 0.191 e. The number of methoxy groups -OCH3 is 1. The van der Waals surface area contributed by atoms with E-state index in [9.17, 15) is 0 Å². The molecule has 0 aliphatic rings. The molecule has 0 saturated carbocycles. The number of ether oxygens (including phenoxy) is 2. The van der Waals surface area contributed by atoms with E-state index in [1.165, 1.54) is 5.56 Å². The molecule has 0 radical (unpaired) electrons. The first-order valence-corrected chi connectivity index (χ1v) is 9.89. The van der Waals surface area contributed by atoms with Crippen LogP contribution in [0.5, 0.6) is 11.5 Å². The molecule has 2 N–H and O–H groups in total. The minimum Gasteiger partial charge on any atom is -0.493 e. The molecule has 5 nitrogen and oxygen atoms in total. The second-order valence-corrected chi connectivity index (χ2v) is 6.79. The van der Waals surface area contributed by atoms with Crippen molar-refractivity contribution in [1.82, 2.24) is 10.6 Å². The third kappa shape index (κ3) is 6.54. The van der Waals surface area contributed by atoms with Gasteiger partial charge in [0.1, 0.15) is 6.61 Å². The molecular formula is C21H27N3O2S. The van der Waals surface area contributed by atoms with Crippen molar-refractivity contribution < 1.29 is 9.47 Å². The van der Waals surface area contributed by atoms with Gasteiger partial charge in [-0.3, -0.25) is 0 Å². The first kappa shape index (κ1) is 20.7. The van der Waals surface area contributed by atoms with Gasteiger partial charge in [0.2, 0.25) is 0 Å². The molecule has 2 aromatic rings. The monoisotopic (exact) mass is 385 g/mol. The summed E-state index contributed by atoms with van der Waals surface area (Å²) in [6.45, 7) is 6.61. The minimum atomic E-state index is 0.202. The predicted octanol–water partition coefficient (Wildman–Crippen LogP) is 3.63. The van der Waals surface area contributed by atoms with Crippen LogP contribution in [0.15, 0.2) is 40.0 Å². The van der Waals surface area contributed by atoms with Gasteiger partial charge in [0, 0.05) is 13.1 Å². The summed E-state index contributed by atoms with van der Waals surface area (Å²) in [5, 5.41) is 11.0. The van der Waals surface area contributed by atoms with Crippen molar-refractivity contribution in [1.29, 1.82) is 0 Å². The number of benzene rings is 1. The number of guanidine groups is 1. The Hall–Kier alpha value is -2.65. The summed E-state index contributed by atoms with van der Waals surface area (Å²) in [6, 6.07) is 7.92. The Bertz CT molecular complexity index is 766. The second-order valence-electron chi connectivity index (χ2n) is 6.01. The lowest BCUT2D eigenvalue weighted by molar-refractivity contribution is 0.330. The van der Waals surface area contributed by atoms with Crippen molar-refractivity contribution in [3.63, 3.8) is 0 Å². The van der Waals surface area contributed by atoms with Crippen molar-refractivity contribution in [3.05, 3.63) is 46.2 Å². The predicted molar refractivity (Wildman–Crippen MR) is 113 cm³/mol. The molecule has 0 aliphatic carbocycles. The molecule has 27 heavy (non-hydrogen) atoms. The fraction of sp³-hybridized carbons (Fsp3) is 0.381. The zero-order chi connectivity index (χ0) is 19.5. The van der Waals surface area contributed by atoms with Gasteiger partial charge in [-0.25, -0.2) is 4.99 Å². The van der Waals surface area contributed by atoms with Gasteiger partial charge in [-0.05, 0) is 52.9 Å². The van der Waals surface area contributed by atoms with Crippen LogP contribution in [-0.4, -0.2) is 32.8 Å². The molecule has 0 fully saturated rings. The van der Waals surface area contributed by atoms with Crippen LogP contribution in [0.4, 0.5) is 0 Å². The molecule has 0 bridgehead atoms. The van der Waals surface area contributed by atoms with Crippen molar-refractivity contribution >= 4 is 17.3 Å². The van der Waals surface area contributed by atoms with Crippen LogP contribution in [0.1, 0.15) is 30.9 Å². The highest BCUT2D eigenvalue weighted by atomic mass is 32.1. The van der Waals surface area contributed by atoms with Crippen LogP contribution in [0.3, 0.4) is 0 Å². The molecule has 1 aromatic carbocycles. The van der Waals surface area contributed by atoms with Crippen molar-refractivity contribution in [2.24, 2.45) is 4.99 Å². The average Bonchev–Trinajstić information content (AvgIpc) is 3.23. The Morgan fingerprint density at radius 1 is 1.30 bits per heavy atom. The molecule has 6 heteroatoms. The normalized spacial score (nSPS) is 12.1. The Morgan fingerprint density at radius 2 is 2.15 bits per heavy atom. The topological polar surface area (TPSA) is 54.9 Å². The van der Waals surface area contributed by atoms with Crippen molar-refractivity contribution in [2.75, 3.05) is 26.8 Å². The summed E-state index contributed by atoms with van der Waals surface area (Å²) in [5.41, 5.74) is 2.36. The van der Waals surface area contributed by atoms with Gasteiger partial charge in [0.15, 0.2) is 17.5 Å². The summed E-state index contributed by atoms with van der Waals surface area (Å²) in [5.74, 6) is 4.97. The van der Waals surface area contributed by atoms with E-state index in [1.54, 1.807) is 18.4 Å². The van der Waals surface area contributed by atoms with E-state index in [4.69, 9.17) is 15.9 Å². The summed E-state index contributed by atoms with van der Waals surface area (Å²) in [6.07, 6.45) is 5.28. The molecule has 144 valence electrons. The van der Waals surface area contributed by atoms with Gasteiger partial charge < -0.3 is 20.1 Å². The van der Waals surface area contributed by atoms with Gasteiger partial charge >= 0.3 is 0 Å². The van der Waals surface area contributed by atoms with E-state index in [0.717, 1.165) is 24.6 Å². The summed E-state index contributed by atoms with van der Waals surface area (Å²) < 4.78 is 10.9. The third-order valence-electron chi connectivity index (χ3n) is 3.99. The number of nitrogens with one attached hydrogen (secondary N) is 2. The highest BCUT2D eigenvalue weighted by Crippen LogP contribution is 2.28. The van der Waals surface area contributed by atoms with E-state index in [0.29, 0.717) is 24.0 Å². The highest BCUT2D eigenvalue weighted by molar-refractivity contribution is 7.07. The summed E-state index contributed by atoms with van der Waals surface area (Å²) in [4.78, 5) is 4.67. The van der Waals surface area contributed by atoms with Crippen LogP contribution in [0.2, 0.25) is 0 Å². The van der Waals surface area contributed by atoms with Gasteiger partial charge in [-0.2, -0.15) is 11.3 Å². The Morgan fingerprint density at radius 3 is 2.81 bits per heavy atom. The van der Waals surface area contributed by atoms with Gasteiger partial charge in [0.05, 0.1) is 13.7 Å². The zero-order valence-electron chi connectivity index (χ0n) is 16.1. The van der Waals surface area contributed by atoms with Crippen LogP contribution >= 0.6 is 11.3 Å². The van der Waals surface area contributed by atoms with E-state index < -0.39 is 0 Å². The van der Waals surface area contributed by atoms with Crippen LogP contribution < -0.4 is 20.1 Å². The first-order chi connectivity index (χ1) is 13.2. The molecule has 0 amide bonds. The summed E-state index contributed by atoms with van der Waals surface area (Å²) >= 11 is 1.72. The van der Waals surface area contributed by atoms with Crippen molar-refractivity contribution in [2.45, 2.75) is 26.3 Å². The fourth-order valence-corrected chi connectivity index (χ4v) is 3.27. The minimum absolute atomic E-state index is 0.202. The molecule has 1 heterocycles. The molecular weight excluding hydrogens is 358 g/mol. The smallest absolute Gasteiger partial charge is 0.191 e. The zero-order valence-corrected chi connectivity index (χ0v) is 16.9. The van der Waals surface area contributed by atoms with Crippen molar-refractivity contribution in [3.8, 4) is 23.8 Å². The van der Waals surface area contributed by atoms with Crippen LogP contribution in [0.25, 0.3) is 0 Å². The average molecular weight is 386 g/mol. The SMILES string of the molecule is C#CCOc1cc(CN=C(NCC)NCC(C)c2ccsc2)ccc1OC. The van der Waals surface area contributed by atoms with Crippen LogP contribution in [0, 0.1) is 12.3 Å². The quantitative estimate of drug-likeness (QED) is 0.393. The standard InChI is InChI=1S/C21H27N3O2S/c1-5-10-26-20-12-17(7-8-19(20)25-4)14-24-21(22-6-2)23-13-16(3)18-9-11-27-15-18/h1,7-9,11-12,15-16H,6,10,13-14H2,2-4H3,(H2,22,23,24). The molecule has 2 rings (SSSR count). The Labute approximate surface area is 165 Å². The third-order valence-corrected chi connectivity index (χ3v) is 4.69. The van der Waals surface area contributed by atoms with E-state index in [2.05, 4.69) is 52.2 Å². The highest BCUT2D eigenvalue weighted by Gasteiger charge is 2.08. The maximum absolute atomic E-state index is 5.55. The number of thiophene rings is 1. The molecule has 0 saturated heterocycles. The number of terminal acetylenes is 1. The van der Waals surface area contributed by atoms with Gasteiger partial charge in [-0.15, -0.1) is 6.42 Å². The lowest BCUT2D eigenvalue weighted by Gasteiger charge is -2.15. The Kier molecular flexibility index (Phi) is 8.53. The number of hydrogen-bond acceptors (Lipinski definition) is 4. The molecule has 1 aromatic heterocycles. The summed E-state index contributed by atoms with van der Waals surface area (Å²) in [7, 11) is 1.61. The number of aliphatic imine (C=N–C) groups is 1. The number of hydrogen-bond donors (Lipinski definition) is 2. The fourth-order valence-electron chi connectivity index (χ4n) is 2.49. The lowest BCUT2D eigenvalue weighted by atomic mass is 10.1.